The molecule has 0 unspecified atom stereocenters. The molecular weight excluding hydrogens is 333 g/mol. The molecule has 2 amide bonds. The molecule has 0 saturated carbocycles. The second kappa shape index (κ2) is 6.45. The second-order valence-corrected chi connectivity index (χ2v) is 6.40. The van der Waals surface area contributed by atoms with E-state index in [9.17, 15) is 23.9 Å². The first-order chi connectivity index (χ1) is 11.5. The lowest BCUT2D eigenvalue weighted by molar-refractivity contribution is -0.121. The third kappa shape index (κ3) is 3.03. The number of benzene rings is 2. The number of carbonyl (C=O) groups excluding carboxylic acids is 2. The van der Waals surface area contributed by atoms with E-state index in [4.69, 9.17) is 0 Å². The summed E-state index contributed by atoms with van der Waals surface area (Å²) < 4.78 is 13.3. The molecule has 3 rings (SSSR count). The van der Waals surface area contributed by atoms with Gasteiger partial charge in [0.2, 0.25) is 11.8 Å². The molecule has 0 radical (unpaired) electrons. The Balaban J connectivity index is 1.86. The highest BCUT2D eigenvalue weighted by molar-refractivity contribution is 8.00. The van der Waals surface area contributed by atoms with Crippen LogP contribution in [0.25, 0.3) is 0 Å². The summed E-state index contributed by atoms with van der Waals surface area (Å²) in [5.74, 6) is -2.55. The summed E-state index contributed by atoms with van der Waals surface area (Å²) >= 11 is 1.03. The maximum atomic E-state index is 13.3. The van der Waals surface area contributed by atoms with Gasteiger partial charge in [0.25, 0.3) is 0 Å². The predicted octanol–water partition coefficient (Wildman–Crippen LogP) is 2.95. The van der Waals surface area contributed by atoms with Crippen molar-refractivity contribution in [1.29, 1.82) is 0 Å². The number of rotatable bonds is 4. The van der Waals surface area contributed by atoms with Gasteiger partial charge in [0, 0.05) is 11.3 Å². The molecular formula is C17H12FNO4S. The lowest BCUT2D eigenvalue weighted by Gasteiger charge is -2.15. The molecule has 122 valence electrons. The van der Waals surface area contributed by atoms with Crippen molar-refractivity contribution < 1.29 is 23.9 Å². The molecule has 1 aliphatic heterocycles. The van der Waals surface area contributed by atoms with E-state index in [1.54, 1.807) is 18.2 Å². The van der Waals surface area contributed by atoms with E-state index >= 15 is 0 Å². The van der Waals surface area contributed by atoms with E-state index in [0.29, 0.717) is 4.90 Å². The minimum atomic E-state index is -1.10. The molecule has 7 heteroatoms. The normalized spacial score (nSPS) is 17.4. The molecule has 1 fully saturated rings. The number of anilines is 1. The van der Waals surface area contributed by atoms with Gasteiger partial charge in [-0.15, -0.1) is 11.8 Å². The van der Waals surface area contributed by atoms with E-state index in [1.165, 1.54) is 24.3 Å². The number of carbonyl (C=O) groups is 3. The lowest BCUT2D eigenvalue weighted by Crippen LogP contribution is -2.31. The van der Waals surface area contributed by atoms with Crippen LogP contribution in [0.4, 0.5) is 10.1 Å². The number of thioether (sulfide) groups is 1. The zero-order chi connectivity index (χ0) is 17.3. The van der Waals surface area contributed by atoms with E-state index in [-0.39, 0.29) is 17.7 Å². The minimum Gasteiger partial charge on any atom is -0.478 e. The first-order valence-electron chi connectivity index (χ1n) is 7.08. The van der Waals surface area contributed by atoms with Gasteiger partial charge in [-0.3, -0.25) is 9.59 Å². The summed E-state index contributed by atoms with van der Waals surface area (Å²) in [5.41, 5.74) is 0.256. The number of carboxylic acid groups (broad SMARTS) is 1. The number of hydrogen-bond donors (Lipinski definition) is 1. The van der Waals surface area contributed by atoms with Crippen molar-refractivity contribution >= 4 is 35.2 Å². The van der Waals surface area contributed by atoms with Crippen LogP contribution < -0.4 is 4.90 Å². The number of carboxylic acids is 1. The predicted molar refractivity (Wildman–Crippen MR) is 86.6 cm³/mol. The van der Waals surface area contributed by atoms with Gasteiger partial charge in [-0.2, -0.15) is 0 Å². The molecule has 0 bridgehead atoms. The van der Waals surface area contributed by atoms with Gasteiger partial charge in [0.05, 0.1) is 16.5 Å². The van der Waals surface area contributed by atoms with Crippen molar-refractivity contribution in [2.24, 2.45) is 0 Å². The Morgan fingerprint density at radius 1 is 1.17 bits per heavy atom. The second-order valence-electron chi connectivity index (χ2n) is 5.16. The van der Waals surface area contributed by atoms with Crippen LogP contribution in [-0.2, 0) is 9.59 Å². The highest BCUT2D eigenvalue weighted by Gasteiger charge is 2.40. The lowest BCUT2D eigenvalue weighted by atomic mass is 10.2. The topological polar surface area (TPSA) is 74.7 Å². The Labute approximate surface area is 141 Å². The average Bonchev–Trinajstić information content (AvgIpc) is 2.81. The zero-order valence-corrected chi connectivity index (χ0v) is 13.1. The van der Waals surface area contributed by atoms with Crippen LogP contribution in [0.2, 0.25) is 0 Å². The fraction of sp³-hybridized carbons (Fsp3) is 0.118. The number of aromatic carboxylic acids is 1. The third-order valence-electron chi connectivity index (χ3n) is 3.56. The molecule has 0 spiro atoms. The monoisotopic (exact) mass is 345 g/mol. The van der Waals surface area contributed by atoms with Crippen molar-refractivity contribution in [3.05, 3.63) is 59.9 Å². The van der Waals surface area contributed by atoms with Gasteiger partial charge in [-0.05, 0) is 30.3 Å². The van der Waals surface area contributed by atoms with Crippen molar-refractivity contribution in [2.45, 2.75) is 16.6 Å². The Kier molecular flexibility index (Phi) is 4.35. The van der Waals surface area contributed by atoms with Gasteiger partial charge in [0.1, 0.15) is 5.82 Å². The number of nitrogens with zero attached hydrogens (tertiary/aromatic N) is 1. The zero-order valence-electron chi connectivity index (χ0n) is 12.3. The summed E-state index contributed by atoms with van der Waals surface area (Å²) in [6.07, 6.45) is -0.0615. The summed E-state index contributed by atoms with van der Waals surface area (Å²) in [5, 5.41) is 8.47. The van der Waals surface area contributed by atoms with Crippen LogP contribution in [0.1, 0.15) is 16.8 Å². The van der Waals surface area contributed by atoms with E-state index in [2.05, 4.69) is 0 Å². The van der Waals surface area contributed by atoms with Gasteiger partial charge >= 0.3 is 5.97 Å². The molecule has 1 N–H and O–H groups in total. The fourth-order valence-electron chi connectivity index (χ4n) is 2.48. The molecule has 1 aliphatic rings. The molecule has 5 nitrogen and oxygen atoms in total. The summed E-state index contributed by atoms with van der Waals surface area (Å²) in [4.78, 5) is 37.3. The van der Waals surface area contributed by atoms with Crippen molar-refractivity contribution in [1.82, 2.24) is 0 Å². The quantitative estimate of drug-likeness (QED) is 0.863. The Hall–Kier alpha value is -2.67. The Morgan fingerprint density at radius 2 is 1.92 bits per heavy atom. The maximum absolute atomic E-state index is 13.3. The van der Waals surface area contributed by atoms with E-state index < -0.39 is 28.9 Å². The highest BCUT2D eigenvalue weighted by atomic mass is 32.2. The molecule has 1 saturated heterocycles. The largest absolute Gasteiger partial charge is 0.478 e. The Bertz CT molecular complexity index is 839. The van der Waals surface area contributed by atoms with E-state index in [0.717, 1.165) is 22.7 Å². The smallest absolute Gasteiger partial charge is 0.336 e. The average molecular weight is 345 g/mol. The van der Waals surface area contributed by atoms with Crippen molar-refractivity contribution in [2.75, 3.05) is 4.90 Å². The van der Waals surface area contributed by atoms with Gasteiger partial charge in [-0.25, -0.2) is 14.1 Å². The maximum Gasteiger partial charge on any atom is 0.336 e. The van der Waals surface area contributed by atoms with Crippen LogP contribution >= 0.6 is 11.8 Å². The number of amides is 2. The van der Waals surface area contributed by atoms with Crippen LogP contribution in [-0.4, -0.2) is 28.1 Å². The van der Waals surface area contributed by atoms with E-state index in [1.807, 2.05) is 0 Å². The summed E-state index contributed by atoms with van der Waals surface area (Å²) in [6, 6.07) is 11.5. The third-order valence-corrected chi connectivity index (χ3v) is 4.82. The first kappa shape index (κ1) is 16.2. The van der Waals surface area contributed by atoms with Gasteiger partial charge < -0.3 is 5.11 Å². The molecule has 24 heavy (non-hydrogen) atoms. The van der Waals surface area contributed by atoms with Crippen LogP contribution in [0, 0.1) is 5.82 Å². The number of hydrogen-bond acceptors (Lipinski definition) is 4. The minimum absolute atomic E-state index is 0.0615. The highest BCUT2D eigenvalue weighted by Crippen LogP contribution is 2.35. The first-order valence-corrected chi connectivity index (χ1v) is 7.96. The van der Waals surface area contributed by atoms with Gasteiger partial charge in [-0.1, -0.05) is 18.2 Å². The summed E-state index contributed by atoms with van der Waals surface area (Å²) in [6.45, 7) is 0. The molecule has 1 heterocycles. The fourth-order valence-corrected chi connectivity index (χ4v) is 3.66. The molecule has 1 atom stereocenters. The Morgan fingerprint density at radius 3 is 2.62 bits per heavy atom. The van der Waals surface area contributed by atoms with Crippen LogP contribution in [0.5, 0.6) is 0 Å². The molecule has 0 aliphatic carbocycles. The molecule has 0 aromatic heterocycles. The van der Waals surface area contributed by atoms with Gasteiger partial charge in [0.15, 0.2) is 0 Å². The molecule has 2 aromatic rings. The van der Waals surface area contributed by atoms with Crippen LogP contribution in [0.15, 0.2) is 53.4 Å². The number of imide groups is 1. The SMILES string of the molecule is O=C(O)c1ccccc1S[C@@H]1CC(=O)N(c2cccc(F)c2)C1=O. The summed E-state index contributed by atoms with van der Waals surface area (Å²) in [7, 11) is 0. The number of halogens is 1. The molecule has 2 aromatic carbocycles. The van der Waals surface area contributed by atoms with Crippen molar-refractivity contribution in [3.8, 4) is 0 Å². The van der Waals surface area contributed by atoms with Crippen LogP contribution in [0.3, 0.4) is 0 Å². The standard InChI is InChI=1S/C17H12FNO4S/c18-10-4-3-5-11(8-10)19-15(20)9-14(16(19)21)24-13-7-2-1-6-12(13)17(22)23/h1-8,14H,9H2,(H,22,23)/t14-/m1/s1. The van der Waals surface area contributed by atoms with Crippen molar-refractivity contribution in [3.63, 3.8) is 0 Å².